The van der Waals surface area contributed by atoms with Crippen LogP contribution in [0.15, 0.2) is 0 Å². The molecule has 0 aliphatic heterocycles. The highest BCUT2D eigenvalue weighted by atomic mass is 16.5. The monoisotopic (exact) mass is 296 g/mol. The molecule has 0 saturated heterocycles. The molecule has 0 fully saturated rings. The number of esters is 1. The van der Waals surface area contributed by atoms with Gasteiger partial charge in [-0.15, -0.1) is 0 Å². The molecule has 0 aliphatic rings. The number of aromatic nitrogens is 1. The molecule has 0 spiro atoms. The molecular weight excluding hydrogens is 272 g/mol. The number of aliphatic hydroxyl groups excluding tert-OH is 1. The molecule has 6 nitrogen and oxygen atoms in total. The summed E-state index contributed by atoms with van der Waals surface area (Å²) in [6.07, 6.45) is 0.142. The fourth-order valence-corrected chi connectivity index (χ4v) is 2.22. The van der Waals surface area contributed by atoms with Gasteiger partial charge < -0.3 is 20.1 Å². The van der Waals surface area contributed by atoms with E-state index in [2.05, 4.69) is 10.3 Å². The predicted octanol–water partition coefficient (Wildman–Crippen LogP) is 1.76. The van der Waals surface area contributed by atoms with Crippen LogP contribution in [0.4, 0.5) is 0 Å². The van der Waals surface area contributed by atoms with Crippen molar-refractivity contribution in [3.05, 3.63) is 22.5 Å². The third kappa shape index (κ3) is 4.32. The van der Waals surface area contributed by atoms with E-state index >= 15 is 0 Å². The first-order valence-corrected chi connectivity index (χ1v) is 7.11. The van der Waals surface area contributed by atoms with Gasteiger partial charge in [0.25, 0.3) is 5.91 Å². The van der Waals surface area contributed by atoms with Crippen molar-refractivity contribution < 1.29 is 19.4 Å². The third-order valence-corrected chi connectivity index (χ3v) is 3.47. The molecule has 1 aromatic heterocycles. The highest BCUT2D eigenvalue weighted by molar-refractivity contribution is 5.91. The summed E-state index contributed by atoms with van der Waals surface area (Å²) in [7, 11) is 0. The summed E-state index contributed by atoms with van der Waals surface area (Å²) in [5.41, 5.74) is 2.33. The zero-order valence-corrected chi connectivity index (χ0v) is 13.2. The minimum Gasteiger partial charge on any atom is -0.451 e. The largest absolute Gasteiger partial charge is 0.451 e. The van der Waals surface area contributed by atoms with Crippen LogP contribution in [0, 0.1) is 13.8 Å². The molecule has 6 heteroatoms. The van der Waals surface area contributed by atoms with E-state index < -0.39 is 12.1 Å². The van der Waals surface area contributed by atoms with Crippen molar-refractivity contribution in [1.29, 1.82) is 0 Å². The summed E-state index contributed by atoms with van der Waals surface area (Å²) >= 11 is 0. The average molecular weight is 296 g/mol. The normalized spacial score (nSPS) is 13.6. The summed E-state index contributed by atoms with van der Waals surface area (Å²) in [6.45, 7) is 8.68. The lowest BCUT2D eigenvalue weighted by atomic mass is 10.1. The number of rotatable bonds is 6. The maximum absolute atomic E-state index is 12.0. The Kier molecular flexibility index (Phi) is 5.96. The number of carbonyl (C=O) groups is 2. The van der Waals surface area contributed by atoms with Crippen LogP contribution in [-0.4, -0.2) is 34.6 Å². The number of hydrogen-bond acceptors (Lipinski definition) is 4. The van der Waals surface area contributed by atoms with Crippen molar-refractivity contribution in [3.63, 3.8) is 0 Å². The Morgan fingerprint density at radius 3 is 2.43 bits per heavy atom. The van der Waals surface area contributed by atoms with Crippen molar-refractivity contribution in [2.24, 2.45) is 0 Å². The van der Waals surface area contributed by atoms with Gasteiger partial charge in [-0.05, 0) is 39.7 Å². The first-order valence-electron chi connectivity index (χ1n) is 7.11. The molecule has 0 aromatic carbocycles. The molecule has 1 heterocycles. The number of ether oxygens (including phenoxy) is 1. The summed E-state index contributed by atoms with van der Waals surface area (Å²) in [6, 6.07) is 0.0486. The summed E-state index contributed by atoms with van der Waals surface area (Å²) in [5, 5.41) is 12.4. The van der Waals surface area contributed by atoms with Crippen LogP contribution in [0.2, 0.25) is 0 Å². The van der Waals surface area contributed by atoms with E-state index in [1.165, 1.54) is 0 Å². The Morgan fingerprint density at radius 1 is 1.33 bits per heavy atom. The minimum atomic E-state index is -0.670. The zero-order valence-electron chi connectivity index (χ0n) is 13.2. The molecule has 2 atom stereocenters. The van der Waals surface area contributed by atoms with E-state index in [1.54, 1.807) is 20.8 Å². The SMILES string of the molecule is CC[C@H](C)NC(=O)COC(=O)c1[nH]c(C)c([C@H](C)O)c1C. The quantitative estimate of drug-likeness (QED) is 0.697. The number of H-pyrrole nitrogens is 1. The summed E-state index contributed by atoms with van der Waals surface area (Å²) < 4.78 is 5.00. The Morgan fingerprint density at radius 2 is 1.95 bits per heavy atom. The van der Waals surface area contributed by atoms with Gasteiger partial charge in [-0.3, -0.25) is 4.79 Å². The number of nitrogens with one attached hydrogen (secondary N) is 2. The lowest BCUT2D eigenvalue weighted by Crippen LogP contribution is -2.35. The molecule has 0 saturated carbocycles. The standard InChI is InChI=1S/C15H24N2O4/c1-6-8(2)16-12(19)7-21-15(20)14-9(3)13(11(5)18)10(4)17-14/h8,11,17-18H,6-7H2,1-5H3,(H,16,19)/t8-,11-/m0/s1. The Bertz CT molecular complexity index is 520. The number of aliphatic hydroxyl groups is 1. The van der Waals surface area contributed by atoms with Crippen molar-refractivity contribution in [3.8, 4) is 0 Å². The van der Waals surface area contributed by atoms with E-state index in [4.69, 9.17) is 4.74 Å². The van der Waals surface area contributed by atoms with Crippen LogP contribution < -0.4 is 5.32 Å². The Labute approximate surface area is 124 Å². The lowest BCUT2D eigenvalue weighted by molar-refractivity contribution is -0.124. The fourth-order valence-electron chi connectivity index (χ4n) is 2.22. The highest BCUT2D eigenvalue weighted by Crippen LogP contribution is 2.24. The van der Waals surface area contributed by atoms with Crippen LogP contribution in [0.25, 0.3) is 0 Å². The third-order valence-electron chi connectivity index (χ3n) is 3.47. The van der Waals surface area contributed by atoms with Crippen molar-refractivity contribution in [1.82, 2.24) is 10.3 Å². The highest BCUT2D eigenvalue weighted by Gasteiger charge is 2.21. The molecule has 1 amide bonds. The van der Waals surface area contributed by atoms with Gasteiger partial charge in [0.2, 0.25) is 0 Å². The molecule has 0 bridgehead atoms. The van der Waals surface area contributed by atoms with E-state index in [0.29, 0.717) is 11.1 Å². The fraction of sp³-hybridized carbons (Fsp3) is 0.600. The zero-order chi connectivity index (χ0) is 16.2. The van der Waals surface area contributed by atoms with Crippen LogP contribution in [0.3, 0.4) is 0 Å². The maximum atomic E-state index is 12.0. The van der Waals surface area contributed by atoms with Crippen molar-refractivity contribution in [2.75, 3.05) is 6.61 Å². The topological polar surface area (TPSA) is 91.4 Å². The lowest BCUT2D eigenvalue weighted by Gasteiger charge is -2.11. The number of carbonyl (C=O) groups excluding carboxylic acids is 2. The molecule has 0 unspecified atom stereocenters. The van der Waals surface area contributed by atoms with E-state index in [0.717, 1.165) is 12.1 Å². The van der Waals surface area contributed by atoms with E-state index in [9.17, 15) is 14.7 Å². The number of hydrogen-bond donors (Lipinski definition) is 3. The number of amides is 1. The maximum Gasteiger partial charge on any atom is 0.355 e. The summed E-state index contributed by atoms with van der Waals surface area (Å²) in [4.78, 5) is 26.5. The second-order valence-corrected chi connectivity index (χ2v) is 5.29. The smallest absolute Gasteiger partial charge is 0.355 e. The molecule has 1 aromatic rings. The van der Waals surface area contributed by atoms with Crippen LogP contribution in [0.1, 0.15) is 60.6 Å². The average Bonchev–Trinajstić information content (AvgIpc) is 2.71. The Balaban J connectivity index is 2.69. The van der Waals surface area contributed by atoms with Gasteiger partial charge in [0.15, 0.2) is 6.61 Å². The Hall–Kier alpha value is -1.82. The number of aryl methyl sites for hydroxylation is 1. The van der Waals surface area contributed by atoms with Crippen LogP contribution >= 0.6 is 0 Å². The first kappa shape index (κ1) is 17.2. The van der Waals surface area contributed by atoms with Gasteiger partial charge in [-0.25, -0.2) is 4.79 Å². The molecule has 0 radical (unpaired) electrons. The van der Waals surface area contributed by atoms with Crippen LogP contribution in [-0.2, 0) is 9.53 Å². The summed E-state index contributed by atoms with van der Waals surface area (Å²) in [5.74, 6) is -0.920. The van der Waals surface area contributed by atoms with E-state index in [-0.39, 0.29) is 24.2 Å². The molecule has 118 valence electrons. The second kappa shape index (κ2) is 7.26. The van der Waals surface area contributed by atoms with Crippen molar-refractivity contribution in [2.45, 2.75) is 53.2 Å². The molecule has 3 N–H and O–H groups in total. The van der Waals surface area contributed by atoms with E-state index in [1.807, 2.05) is 13.8 Å². The second-order valence-electron chi connectivity index (χ2n) is 5.29. The minimum absolute atomic E-state index is 0.0486. The van der Waals surface area contributed by atoms with Crippen LogP contribution in [0.5, 0.6) is 0 Å². The van der Waals surface area contributed by atoms with Gasteiger partial charge in [0, 0.05) is 17.3 Å². The number of aromatic amines is 1. The van der Waals surface area contributed by atoms with Gasteiger partial charge >= 0.3 is 5.97 Å². The van der Waals surface area contributed by atoms with Crippen molar-refractivity contribution >= 4 is 11.9 Å². The van der Waals surface area contributed by atoms with Gasteiger partial charge in [-0.2, -0.15) is 0 Å². The van der Waals surface area contributed by atoms with Gasteiger partial charge in [0.1, 0.15) is 5.69 Å². The molecule has 0 aliphatic carbocycles. The molecular formula is C15H24N2O4. The predicted molar refractivity (Wildman–Crippen MR) is 79.1 cm³/mol. The van der Waals surface area contributed by atoms with Gasteiger partial charge in [0.05, 0.1) is 6.10 Å². The van der Waals surface area contributed by atoms with Gasteiger partial charge in [-0.1, -0.05) is 6.92 Å². The molecule has 1 rings (SSSR count). The first-order chi connectivity index (χ1) is 9.77. The molecule has 21 heavy (non-hydrogen) atoms.